The van der Waals surface area contributed by atoms with Crippen molar-refractivity contribution in [2.45, 2.75) is 155 Å². The zero-order valence-corrected chi connectivity index (χ0v) is 18.4. The third kappa shape index (κ3) is 20.1. The summed E-state index contributed by atoms with van der Waals surface area (Å²) in [5.74, 6) is 0. The lowest BCUT2D eigenvalue weighted by molar-refractivity contribution is 0.402. The standard InChI is InChI=1S/C24H51N/c1-5-7-9-11-13-15-17-19-21-23(3)25-24(4)22-20-18-16-14-12-10-8-6-2/h23-25H,5-22H2,1-4H3. The van der Waals surface area contributed by atoms with Crippen molar-refractivity contribution >= 4 is 0 Å². The molecule has 2 atom stereocenters. The summed E-state index contributed by atoms with van der Waals surface area (Å²) < 4.78 is 0. The van der Waals surface area contributed by atoms with Gasteiger partial charge in [-0.05, 0) is 26.7 Å². The number of rotatable bonds is 20. The Kier molecular flexibility index (Phi) is 20.2. The van der Waals surface area contributed by atoms with Crippen LogP contribution in [0.15, 0.2) is 0 Å². The van der Waals surface area contributed by atoms with Crippen LogP contribution in [0.4, 0.5) is 0 Å². The summed E-state index contributed by atoms with van der Waals surface area (Å²) in [7, 11) is 0. The lowest BCUT2D eigenvalue weighted by atomic mass is 10.0. The van der Waals surface area contributed by atoms with Crippen LogP contribution in [0.25, 0.3) is 0 Å². The number of hydrogen-bond donors (Lipinski definition) is 1. The second kappa shape index (κ2) is 20.3. The molecule has 0 aliphatic heterocycles. The van der Waals surface area contributed by atoms with E-state index in [0.29, 0.717) is 12.1 Å². The summed E-state index contributed by atoms with van der Waals surface area (Å²) in [4.78, 5) is 0. The van der Waals surface area contributed by atoms with E-state index in [1.807, 2.05) is 0 Å². The van der Waals surface area contributed by atoms with Crippen LogP contribution in [0.3, 0.4) is 0 Å². The predicted molar refractivity (Wildman–Crippen MR) is 117 cm³/mol. The van der Waals surface area contributed by atoms with Gasteiger partial charge in [0.05, 0.1) is 0 Å². The smallest absolute Gasteiger partial charge is 0.00412 e. The molecule has 0 spiro atoms. The lowest BCUT2D eigenvalue weighted by Gasteiger charge is -2.20. The van der Waals surface area contributed by atoms with Crippen LogP contribution >= 0.6 is 0 Å². The van der Waals surface area contributed by atoms with Crippen LogP contribution < -0.4 is 5.32 Å². The van der Waals surface area contributed by atoms with Crippen molar-refractivity contribution in [2.75, 3.05) is 0 Å². The number of hydrogen-bond acceptors (Lipinski definition) is 1. The first-order valence-electron chi connectivity index (χ1n) is 12.0. The molecular formula is C24H51N. The Morgan fingerprint density at radius 2 is 0.720 bits per heavy atom. The van der Waals surface area contributed by atoms with Crippen LogP contribution in [0.2, 0.25) is 0 Å². The van der Waals surface area contributed by atoms with E-state index in [1.165, 1.54) is 116 Å². The monoisotopic (exact) mass is 353 g/mol. The van der Waals surface area contributed by atoms with Crippen LogP contribution in [0.5, 0.6) is 0 Å². The van der Waals surface area contributed by atoms with Gasteiger partial charge in [0.1, 0.15) is 0 Å². The largest absolute Gasteiger partial charge is 0.312 e. The molecule has 0 aromatic rings. The van der Waals surface area contributed by atoms with Crippen molar-refractivity contribution in [2.24, 2.45) is 0 Å². The molecule has 1 N–H and O–H groups in total. The minimum Gasteiger partial charge on any atom is -0.312 e. The van der Waals surface area contributed by atoms with E-state index in [1.54, 1.807) is 0 Å². The average Bonchev–Trinajstić information content (AvgIpc) is 2.59. The number of nitrogens with one attached hydrogen (secondary N) is 1. The van der Waals surface area contributed by atoms with E-state index in [-0.39, 0.29) is 0 Å². The summed E-state index contributed by atoms with van der Waals surface area (Å²) in [6.45, 7) is 9.35. The quantitative estimate of drug-likeness (QED) is 0.217. The molecule has 0 fully saturated rings. The third-order valence-corrected chi connectivity index (χ3v) is 5.55. The molecule has 152 valence electrons. The van der Waals surface area contributed by atoms with Crippen molar-refractivity contribution in [3.8, 4) is 0 Å². The molecule has 0 aliphatic rings. The molecule has 0 aliphatic carbocycles. The zero-order chi connectivity index (χ0) is 18.6. The summed E-state index contributed by atoms with van der Waals surface area (Å²) in [5.41, 5.74) is 0. The van der Waals surface area contributed by atoms with E-state index in [2.05, 4.69) is 33.0 Å². The number of unbranched alkanes of at least 4 members (excludes halogenated alkanes) is 14. The van der Waals surface area contributed by atoms with Gasteiger partial charge >= 0.3 is 0 Å². The first-order valence-corrected chi connectivity index (χ1v) is 12.0. The van der Waals surface area contributed by atoms with E-state index >= 15 is 0 Å². The normalized spacial score (nSPS) is 13.9. The fourth-order valence-corrected chi connectivity index (χ4v) is 3.82. The Balaban J connectivity index is 3.31. The van der Waals surface area contributed by atoms with Gasteiger partial charge in [-0.3, -0.25) is 0 Å². The van der Waals surface area contributed by atoms with Gasteiger partial charge in [-0.15, -0.1) is 0 Å². The van der Waals surface area contributed by atoms with Gasteiger partial charge in [-0.1, -0.05) is 117 Å². The van der Waals surface area contributed by atoms with Gasteiger partial charge in [-0.25, -0.2) is 0 Å². The first-order chi connectivity index (χ1) is 12.2. The Morgan fingerprint density at radius 3 is 1.04 bits per heavy atom. The van der Waals surface area contributed by atoms with Crippen LogP contribution in [0.1, 0.15) is 143 Å². The Hall–Kier alpha value is -0.0400. The highest BCUT2D eigenvalue weighted by Gasteiger charge is 2.07. The Morgan fingerprint density at radius 1 is 0.440 bits per heavy atom. The maximum atomic E-state index is 3.82. The van der Waals surface area contributed by atoms with Crippen molar-refractivity contribution in [1.82, 2.24) is 5.32 Å². The molecule has 0 bridgehead atoms. The van der Waals surface area contributed by atoms with E-state index in [0.717, 1.165) is 0 Å². The van der Waals surface area contributed by atoms with Crippen LogP contribution in [-0.4, -0.2) is 12.1 Å². The molecule has 1 heteroatoms. The highest BCUT2D eigenvalue weighted by atomic mass is 14.9. The minimum atomic E-state index is 0.698. The van der Waals surface area contributed by atoms with Gasteiger partial charge < -0.3 is 5.32 Å². The molecule has 0 saturated carbocycles. The fourth-order valence-electron chi connectivity index (χ4n) is 3.82. The maximum Gasteiger partial charge on any atom is 0.00412 e. The second-order valence-corrected chi connectivity index (χ2v) is 8.50. The molecule has 1 nitrogen and oxygen atoms in total. The van der Waals surface area contributed by atoms with Crippen LogP contribution in [-0.2, 0) is 0 Å². The first kappa shape index (κ1) is 25.0. The summed E-state index contributed by atoms with van der Waals surface area (Å²) >= 11 is 0. The topological polar surface area (TPSA) is 12.0 Å². The molecule has 0 saturated heterocycles. The SMILES string of the molecule is CCCCCCCCCCC(C)NC(C)CCCCCCCCCC. The molecule has 0 rings (SSSR count). The van der Waals surface area contributed by atoms with Gasteiger partial charge in [0.2, 0.25) is 0 Å². The van der Waals surface area contributed by atoms with Gasteiger partial charge in [0, 0.05) is 12.1 Å². The van der Waals surface area contributed by atoms with Crippen molar-refractivity contribution in [1.29, 1.82) is 0 Å². The molecule has 2 unspecified atom stereocenters. The average molecular weight is 354 g/mol. The summed E-state index contributed by atoms with van der Waals surface area (Å²) in [6.07, 6.45) is 25.6. The lowest BCUT2D eigenvalue weighted by Crippen LogP contribution is -2.34. The molecular weight excluding hydrogens is 302 g/mol. The highest BCUT2D eigenvalue weighted by molar-refractivity contribution is 4.68. The van der Waals surface area contributed by atoms with Crippen molar-refractivity contribution in [3.63, 3.8) is 0 Å². The Labute approximate surface area is 161 Å². The van der Waals surface area contributed by atoms with E-state index < -0.39 is 0 Å². The summed E-state index contributed by atoms with van der Waals surface area (Å²) in [5, 5.41) is 3.82. The molecule has 0 aromatic heterocycles. The Bertz CT molecular complexity index is 214. The van der Waals surface area contributed by atoms with E-state index in [9.17, 15) is 0 Å². The minimum absolute atomic E-state index is 0.698. The third-order valence-electron chi connectivity index (χ3n) is 5.55. The molecule has 25 heavy (non-hydrogen) atoms. The predicted octanol–water partition coefficient (Wildman–Crippen LogP) is 8.41. The molecule has 0 amide bonds. The molecule has 0 aromatic carbocycles. The van der Waals surface area contributed by atoms with Gasteiger partial charge in [0.15, 0.2) is 0 Å². The molecule has 0 radical (unpaired) electrons. The fraction of sp³-hybridized carbons (Fsp3) is 1.00. The van der Waals surface area contributed by atoms with Crippen molar-refractivity contribution < 1.29 is 0 Å². The van der Waals surface area contributed by atoms with Gasteiger partial charge in [0.25, 0.3) is 0 Å². The zero-order valence-electron chi connectivity index (χ0n) is 18.4. The summed E-state index contributed by atoms with van der Waals surface area (Å²) in [6, 6.07) is 1.40. The highest BCUT2D eigenvalue weighted by Crippen LogP contribution is 2.13. The van der Waals surface area contributed by atoms with Crippen molar-refractivity contribution in [3.05, 3.63) is 0 Å². The van der Waals surface area contributed by atoms with Crippen LogP contribution in [0, 0.1) is 0 Å². The second-order valence-electron chi connectivity index (χ2n) is 8.50. The van der Waals surface area contributed by atoms with E-state index in [4.69, 9.17) is 0 Å². The molecule has 0 heterocycles. The maximum absolute atomic E-state index is 3.82. The van der Waals surface area contributed by atoms with Gasteiger partial charge in [-0.2, -0.15) is 0 Å².